The molecule has 30 heavy (non-hydrogen) atoms. The van der Waals surface area contributed by atoms with Gasteiger partial charge in [-0.3, -0.25) is 4.90 Å². The van der Waals surface area contributed by atoms with Gasteiger partial charge in [-0.25, -0.2) is 9.97 Å². The highest BCUT2D eigenvalue weighted by Gasteiger charge is 2.41. The van der Waals surface area contributed by atoms with Gasteiger partial charge in [0.15, 0.2) is 0 Å². The molecular weight excluding hydrogens is 372 g/mol. The maximum atomic E-state index is 5.51. The Balaban J connectivity index is 1.39. The lowest BCUT2D eigenvalue weighted by Gasteiger charge is -2.37. The minimum Gasteiger partial charge on any atom is -0.496 e. The van der Waals surface area contributed by atoms with Gasteiger partial charge in [-0.05, 0) is 68.2 Å². The van der Waals surface area contributed by atoms with Crippen molar-refractivity contribution in [2.75, 3.05) is 25.1 Å². The number of hydrogen-bond acceptors (Lipinski definition) is 5. The lowest BCUT2D eigenvalue weighted by molar-refractivity contribution is 0.166. The van der Waals surface area contributed by atoms with Crippen LogP contribution in [0.1, 0.15) is 66.6 Å². The van der Waals surface area contributed by atoms with Crippen LogP contribution < -0.4 is 9.64 Å². The van der Waals surface area contributed by atoms with E-state index >= 15 is 0 Å². The Labute approximate surface area is 180 Å². The Morgan fingerprint density at radius 1 is 1.13 bits per heavy atom. The second-order valence-corrected chi connectivity index (χ2v) is 9.64. The highest BCUT2D eigenvalue weighted by Crippen LogP contribution is 2.44. The summed E-state index contributed by atoms with van der Waals surface area (Å²) in [6.07, 6.45) is 8.24. The third kappa shape index (κ3) is 3.47. The molecule has 0 spiro atoms. The summed E-state index contributed by atoms with van der Waals surface area (Å²) in [4.78, 5) is 15.0. The molecule has 3 aliphatic rings. The highest BCUT2D eigenvalue weighted by molar-refractivity contribution is 5.42. The maximum Gasteiger partial charge on any atom is 0.225 e. The zero-order valence-corrected chi connectivity index (χ0v) is 18.8. The standard InChI is InChI=1S/C25H34N4O/c1-16-6-5-9-28(14-16)25-26-13-21-22(27-25)12-20-7-8-23(21)29(20)15-19-10-18(3)24(30-4)11-17(19)2/h10-11,13,16,20,23H,5-9,12,14-15H2,1-4H3/t16-,20+,23+/m1/s1. The van der Waals surface area contributed by atoms with E-state index in [1.807, 2.05) is 0 Å². The summed E-state index contributed by atoms with van der Waals surface area (Å²) in [6, 6.07) is 5.53. The monoisotopic (exact) mass is 406 g/mol. The predicted molar refractivity (Wildman–Crippen MR) is 120 cm³/mol. The third-order valence-electron chi connectivity index (χ3n) is 7.46. The van der Waals surface area contributed by atoms with Crippen LogP contribution in [-0.4, -0.2) is 41.1 Å². The maximum absolute atomic E-state index is 5.51. The summed E-state index contributed by atoms with van der Waals surface area (Å²) in [7, 11) is 1.75. The Morgan fingerprint density at radius 3 is 2.80 bits per heavy atom. The van der Waals surface area contributed by atoms with Gasteiger partial charge in [0, 0.05) is 49.9 Å². The molecule has 2 fully saturated rings. The number of benzene rings is 1. The van der Waals surface area contributed by atoms with Gasteiger partial charge in [-0.2, -0.15) is 0 Å². The number of methoxy groups -OCH3 is 1. The molecule has 1 aromatic heterocycles. The SMILES string of the molecule is COc1cc(C)c(CN2[C@H]3CC[C@H]2c2cnc(N4CCC[C@@H](C)C4)nc2C3)cc1C. The van der Waals surface area contributed by atoms with Crippen molar-refractivity contribution in [1.82, 2.24) is 14.9 Å². The van der Waals surface area contributed by atoms with E-state index in [0.29, 0.717) is 12.1 Å². The highest BCUT2D eigenvalue weighted by atomic mass is 16.5. The zero-order chi connectivity index (χ0) is 20.8. The number of rotatable bonds is 4. The first-order valence-electron chi connectivity index (χ1n) is 11.5. The van der Waals surface area contributed by atoms with Crippen molar-refractivity contribution in [3.8, 4) is 5.75 Å². The smallest absolute Gasteiger partial charge is 0.225 e. The topological polar surface area (TPSA) is 41.5 Å². The number of ether oxygens (including phenoxy) is 1. The molecule has 5 heteroatoms. The van der Waals surface area contributed by atoms with E-state index in [0.717, 1.165) is 43.7 Å². The van der Waals surface area contributed by atoms with Crippen LogP contribution in [0.25, 0.3) is 0 Å². The van der Waals surface area contributed by atoms with Crippen molar-refractivity contribution >= 4 is 5.95 Å². The van der Waals surface area contributed by atoms with Crippen molar-refractivity contribution < 1.29 is 4.74 Å². The number of anilines is 1. The summed E-state index contributed by atoms with van der Waals surface area (Å²) in [5, 5.41) is 0. The first kappa shape index (κ1) is 19.8. The molecule has 5 rings (SSSR count). The molecule has 5 nitrogen and oxygen atoms in total. The van der Waals surface area contributed by atoms with Crippen LogP contribution in [-0.2, 0) is 13.0 Å². The third-order valence-corrected chi connectivity index (χ3v) is 7.46. The fourth-order valence-electron chi connectivity index (χ4n) is 5.77. The van der Waals surface area contributed by atoms with E-state index in [4.69, 9.17) is 14.7 Å². The lowest BCUT2D eigenvalue weighted by Crippen LogP contribution is -2.39. The van der Waals surface area contributed by atoms with E-state index in [2.05, 4.69) is 48.9 Å². The van der Waals surface area contributed by atoms with Crippen LogP contribution in [0.2, 0.25) is 0 Å². The number of nitrogens with zero attached hydrogens (tertiary/aromatic N) is 4. The van der Waals surface area contributed by atoms with Gasteiger partial charge < -0.3 is 9.64 Å². The molecule has 160 valence electrons. The van der Waals surface area contributed by atoms with Gasteiger partial charge in [0.25, 0.3) is 0 Å². The summed E-state index contributed by atoms with van der Waals surface area (Å²) in [5.41, 5.74) is 6.60. The minimum atomic E-state index is 0.454. The van der Waals surface area contributed by atoms with Crippen molar-refractivity contribution in [3.05, 3.63) is 46.3 Å². The molecule has 0 radical (unpaired) electrons. The van der Waals surface area contributed by atoms with Gasteiger partial charge in [0.05, 0.1) is 12.8 Å². The van der Waals surface area contributed by atoms with Crippen molar-refractivity contribution in [3.63, 3.8) is 0 Å². The molecule has 3 atom stereocenters. The fraction of sp³-hybridized carbons (Fsp3) is 0.600. The largest absolute Gasteiger partial charge is 0.496 e. The van der Waals surface area contributed by atoms with E-state index in [1.165, 1.54) is 53.6 Å². The van der Waals surface area contributed by atoms with E-state index < -0.39 is 0 Å². The molecule has 2 aromatic rings. The second-order valence-electron chi connectivity index (χ2n) is 9.64. The Hall–Kier alpha value is -2.14. The van der Waals surface area contributed by atoms with Gasteiger partial charge in [-0.15, -0.1) is 0 Å². The Kier molecular flexibility index (Phi) is 5.18. The van der Waals surface area contributed by atoms with Crippen molar-refractivity contribution in [2.24, 2.45) is 5.92 Å². The molecule has 0 aliphatic carbocycles. The van der Waals surface area contributed by atoms with E-state index in [1.54, 1.807) is 7.11 Å². The molecule has 0 unspecified atom stereocenters. The zero-order valence-electron chi connectivity index (χ0n) is 18.8. The van der Waals surface area contributed by atoms with Gasteiger partial charge in [0.2, 0.25) is 5.95 Å². The van der Waals surface area contributed by atoms with Crippen LogP contribution in [0.4, 0.5) is 5.95 Å². The van der Waals surface area contributed by atoms with Crippen LogP contribution in [0.3, 0.4) is 0 Å². The number of fused-ring (bicyclic) bond motifs is 4. The van der Waals surface area contributed by atoms with Crippen LogP contribution >= 0.6 is 0 Å². The van der Waals surface area contributed by atoms with Gasteiger partial charge in [0.1, 0.15) is 5.75 Å². The average molecular weight is 407 g/mol. The number of aryl methyl sites for hydroxylation is 2. The molecule has 0 N–H and O–H groups in total. The van der Waals surface area contributed by atoms with Gasteiger partial charge in [-0.1, -0.05) is 13.0 Å². The molecule has 3 aliphatic heterocycles. The molecular formula is C25H34N4O. The number of aromatic nitrogens is 2. The average Bonchev–Trinajstić information content (AvgIpc) is 3.01. The molecule has 2 saturated heterocycles. The quantitative estimate of drug-likeness (QED) is 0.742. The molecule has 4 heterocycles. The number of piperidine rings is 1. The van der Waals surface area contributed by atoms with E-state index in [-0.39, 0.29) is 0 Å². The first-order chi connectivity index (χ1) is 14.5. The molecule has 0 amide bonds. The summed E-state index contributed by atoms with van der Waals surface area (Å²) >= 11 is 0. The normalized spacial score (nSPS) is 26.0. The Bertz CT molecular complexity index is 943. The molecule has 2 bridgehead atoms. The lowest BCUT2D eigenvalue weighted by atomic mass is 9.97. The van der Waals surface area contributed by atoms with Crippen molar-refractivity contribution in [1.29, 1.82) is 0 Å². The second kappa shape index (κ2) is 7.84. The first-order valence-corrected chi connectivity index (χ1v) is 11.5. The summed E-state index contributed by atoms with van der Waals surface area (Å²) in [5.74, 6) is 2.67. The predicted octanol–water partition coefficient (Wildman–Crippen LogP) is 4.60. The Morgan fingerprint density at radius 2 is 2.00 bits per heavy atom. The fourth-order valence-corrected chi connectivity index (χ4v) is 5.77. The van der Waals surface area contributed by atoms with Crippen LogP contribution in [0, 0.1) is 19.8 Å². The summed E-state index contributed by atoms with van der Waals surface area (Å²) < 4.78 is 5.51. The minimum absolute atomic E-state index is 0.454. The molecule has 1 aromatic carbocycles. The summed E-state index contributed by atoms with van der Waals surface area (Å²) in [6.45, 7) is 9.86. The van der Waals surface area contributed by atoms with Crippen LogP contribution in [0.5, 0.6) is 5.75 Å². The molecule has 0 saturated carbocycles. The number of hydrogen-bond donors (Lipinski definition) is 0. The van der Waals surface area contributed by atoms with Gasteiger partial charge >= 0.3 is 0 Å². The van der Waals surface area contributed by atoms with E-state index in [9.17, 15) is 0 Å². The van der Waals surface area contributed by atoms with Crippen LogP contribution in [0.15, 0.2) is 18.3 Å². The van der Waals surface area contributed by atoms with Crippen molar-refractivity contribution in [2.45, 2.75) is 71.5 Å².